The average molecular weight is 491 g/mol. The van der Waals surface area contributed by atoms with Crippen molar-refractivity contribution in [1.29, 1.82) is 5.41 Å². The van der Waals surface area contributed by atoms with Crippen LogP contribution in [0.5, 0.6) is 5.75 Å². The lowest BCUT2D eigenvalue weighted by atomic mass is 10.00. The van der Waals surface area contributed by atoms with E-state index < -0.39 is 5.91 Å². The normalized spacial score (nSPS) is 19.8. The molecule has 0 atom stereocenters. The molecule has 4 heterocycles. The average Bonchev–Trinajstić information content (AvgIpc) is 3.46. The highest BCUT2D eigenvalue weighted by molar-refractivity contribution is 8.26. The Hall–Kier alpha value is -3.33. The van der Waals surface area contributed by atoms with Crippen molar-refractivity contribution >= 4 is 39.9 Å². The van der Waals surface area contributed by atoms with Crippen LogP contribution < -0.4 is 4.74 Å². The molecule has 9 heteroatoms. The number of hydrogen-bond donors (Lipinski definition) is 1. The number of piperidine rings is 1. The van der Waals surface area contributed by atoms with Crippen molar-refractivity contribution in [3.63, 3.8) is 0 Å². The second kappa shape index (κ2) is 9.73. The number of amides is 1. The van der Waals surface area contributed by atoms with Crippen LogP contribution in [0.3, 0.4) is 0 Å². The lowest BCUT2D eigenvalue weighted by molar-refractivity contribution is -0.114. The summed E-state index contributed by atoms with van der Waals surface area (Å²) in [6, 6.07) is 9.92. The maximum atomic E-state index is 12.8. The number of rotatable bonds is 5. The number of hydrazone groups is 1. The van der Waals surface area contributed by atoms with Gasteiger partial charge in [0.25, 0.3) is 5.91 Å². The van der Waals surface area contributed by atoms with Gasteiger partial charge in [0.1, 0.15) is 12.4 Å². The molecule has 1 aromatic carbocycles. The first-order valence-electron chi connectivity index (χ1n) is 12.0. The molecule has 35 heavy (non-hydrogen) atoms. The van der Waals surface area contributed by atoms with Crippen molar-refractivity contribution in [3.8, 4) is 5.75 Å². The van der Waals surface area contributed by atoms with Gasteiger partial charge in [-0.25, -0.2) is 0 Å². The SMILES string of the molecule is Cc1ccc(OCCn2cccc2/C=C2/C(=N)N3N=C(N4CCC(C)CC4)SC3=NC2=O)cc1C. The van der Waals surface area contributed by atoms with Crippen molar-refractivity contribution in [1.82, 2.24) is 14.5 Å². The highest BCUT2D eigenvalue weighted by Gasteiger charge is 2.37. The number of benzene rings is 1. The van der Waals surface area contributed by atoms with Gasteiger partial charge in [-0.3, -0.25) is 10.2 Å². The van der Waals surface area contributed by atoms with Gasteiger partial charge in [-0.1, -0.05) is 13.0 Å². The minimum absolute atomic E-state index is 0.0620. The third-order valence-corrected chi connectivity index (χ3v) is 7.70. The number of nitrogens with one attached hydrogen (secondary N) is 1. The molecule has 2 aromatic rings. The predicted molar refractivity (Wildman–Crippen MR) is 141 cm³/mol. The highest BCUT2D eigenvalue weighted by Crippen LogP contribution is 2.31. The highest BCUT2D eigenvalue weighted by atomic mass is 32.2. The van der Waals surface area contributed by atoms with Crippen LogP contribution in [-0.4, -0.2) is 56.3 Å². The van der Waals surface area contributed by atoms with E-state index in [0.29, 0.717) is 18.3 Å². The molecule has 1 amide bonds. The molecule has 1 fully saturated rings. The molecule has 3 aliphatic heterocycles. The van der Waals surface area contributed by atoms with E-state index in [4.69, 9.17) is 10.1 Å². The van der Waals surface area contributed by atoms with E-state index in [0.717, 1.165) is 48.5 Å². The molecule has 8 nitrogen and oxygen atoms in total. The number of aliphatic imine (C=N–C) groups is 1. The lowest BCUT2D eigenvalue weighted by Crippen LogP contribution is -2.36. The van der Waals surface area contributed by atoms with Gasteiger partial charge >= 0.3 is 0 Å². The number of ether oxygens (including phenoxy) is 1. The molecule has 0 bridgehead atoms. The molecule has 1 N–H and O–H groups in total. The lowest BCUT2D eigenvalue weighted by Gasteiger charge is -2.30. The van der Waals surface area contributed by atoms with Crippen LogP contribution in [0.2, 0.25) is 0 Å². The number of fused-ring (bicyclic) bond motifs is 1. The smallest absolute Gasteiger partial charge is 0.283 e. The van der Waals surface area contributed by atoms with Crippen LogP contribution in [0, 0.1) is 25.2 Å². The van der Waals surface area contributed by atoms with E-state index in [2.05, 4.69) is 41.8 Å². The molecular weight excluding hydrogens is 460 g/mol. The summed E-state index contributed by atoms with van der Waals surface area (Å²) in [7, 11) is 0. The predicted octanol–water partition coefficient (Wildman–Crippen LogP) is 4.49. The van der Waals surface area contributed by atoms with Gasteiger partial charge in [0.2, 0.25) is 5.17 Å². The van der Waals surface area contributed by atoms with Crippen molar-refractivity contribution in [2.24, 2.45) is 16.0 Å². The summed E-state index contributed by atoms with van der Waals surface area (Å²) in [4.78, 5) is 19.3. The summed E-state index contributed by atoms with van der Waals surface area (Å²) in [5.74, 6) is 1.22. The van der Waals surface area contributed by atoms with Crippen molar-refractivity contribution in [2.75, 3.05) is 19.7 Å². The zero-order chi connectivity index (χ0) is 24.5. The van der Waals surface area contributed by atoms with Crippen LogP contribution in [0.15, 0.2) is 52.2 Å². The molecule has 0 saturated carbocycles. The van der Waals surface area contributed by atoms with Crippen molar-refractivity contribution in [3.05, 3.63) is 58.9 Å². The van der Waals surface area contributed by atoms with E-state index in [1.54, 1.807) is 6.08 Å². The standard InChI is InChI=1S/C26H30N6O2S/c1-17-8-11-31(12-9-17)26-29-32-23(27)22(24(33)28-25(32)35-26)16-20-5-4-10-30(20)13-14-34-21-7-6-18(2)19(3)15-21/h4-7,10,15-17,27H,8-9,11-14H2,1-3H3/b22-16-,27-23?. The summed E-state index contributed by atoms with van der Waals surface area (Å²) in [6.45, 7) is 9.41. The molecule has 3 aliphatic rings. The van der Waals surface area contributed by atoms with Gasteiger partial charge in [0.05, 0.1) is 12.1 Å². The van der Waals surface area contributed by atoms with Gasteiger partial charge in [-0.15, -0.1) is 5.10 Å². The summed E-state index contributed by atoms with van der Waals surface area (Å²) < 4.78 is 7.94. The minimum atomic E-state index is -0.406. The number of likely N-dealkylation sites (tertiary alicyclic amines) is 1. The zero-order valence-electron chi connectivity index (χ0n) is 20.3. The Bertz CT molecular complexity index is 1250. The monoisotopic (exact) mass is 490 g/mol. The van der Waals surface area contributed by atoms with Gasteiger partial charge in [0, 0.05) is 25.0 Å². The molecule has 1 saturated heterocycles. The topological polar surface area (TPSA) is 86.3 Å². The summed E-state index contributed by atoms with van der Waals surface area (Å²) in [6.07, 6.45) is 5.92. The molecular formula is C26H30N6O2S. The quantitative estimate of drug-likeness (QED) is 0.624. The maximum absolute atomic E-state index is 12.8. The fourth-order valence-electron chi connectivity index (χ4n) is 4.29. The molecule has 1 aromatic heterocycles. The maximum Gasteiger partial charge on any atom is 0.283 e. The van der Waals surface area contributed by atoms with E-state index in [1.807, 2.05) is 35.0 Å². The number of aromatic nitrogens is 1. The van der Waals surface area contributed by atoms with Gasteiger partial charge in [-0.2, -0.15) is 10.0 Å². The van der Waals surface area contributed by atoms with Crippen molar-refractivity contribution in [2.45, 2.75) is 40.2 Å². The number of thioether (sulfide) groups is 1. The fraction of sp³-hybridized carbons (Fsp3) is 0.385. The molecule has 182 valence electrons. The fourth-order valence-corrected chi connectivity index (χ4v) is 5.23. The number of nitrogens with zero attached hydrogens (tertiary/aromatic N) is 5. The number of carbonyl (C=O) groups is 1. The summed E-state index contributed by atoms with van der Waals surface area (Å²) >= 11 is 1.38. The van der Waals surface area contributed by atoms with Crippen molar-refractivity contribution < 1.29 is 9.53 Å². The third-order valence-electron chi connectivity index (χ3n) is 6.73. The number of aryl methyl sites for hydroxylation is 2. The number of amidine groups is 3. The summed E-state index contributed by atoms with van der Waals surface area (Å²) in [5, 5.41) is 16.1. The Balaban J connectivity index is 1.28. The van der Waals surface area contributed by atoms with Gasteiger partial charge < -0.3 is 14.2 Å². The Kier molecular flexibility index (Phi) is 6.51. The Morgan fingerprint density at radius 1 is 1.17 bits per heavy atom. The number of carbonyl (C=O) groups excluding carboxylic acids is 1. The molecule has 0 aliphatic carbocycles. The number of hydrogen-bond acceptors (Lipinski definition) is 6. The molecule has 0 unspecified atom stereocenters. The zero-order valence-corrected chi connectivity index (χ0v) is 21.1. The van der Waals surface area contributed by atoms with E-state index in [1.165, 1.54) is 27.9 Å². The van der Waals surface area contributed by atoms with Crippen LogP contribution in [0.4, 0.5) is 0 Å². The van der Waals surface area contributed by atoms with Crippen LogP contribution in [0.1, 0.15) is 36.6 Å². The Morgan fingerprint density at radius 3 is 2.74 bits per heavy atom. The van der Waals surface area contributed by atoms with Crippen LogP contribution in [-0.2, 0) is 11.3 Å². The first kappa shape index (κ1) is 23.4. The van der Waals surface area contributed by atoms with Crippen LogP contribution in [0.25, 0.3) is 6.08 Å². The second-order valence-electron chi connectivity index (χ2n) is 9.29. The van der Waals surface area contributed by atoms with Gasteiger partial charge in [0.15, 0.2) is 11.0 Å². The van der Waals surface area contributed by atoms with Crippen LogP contribution >= 0.6 is 11.8 Å². The van der Waals surface area contributed by atoms with E-state index in [9.17, 15) is 4.79 Å². The van der Waals surface area contributed by atoms with E-state index >= 15 is 0 Å². The Labute approximate surface area is 209 Å². The molecule has 0 spiro atoms. The first-order valence-corrected chi connectivity index (χ1v) is 12.8. The largest absolute Gasteiger partial charge is 0.492 e. The third kappa shape index (κ3) is 4.91. The molecule has 5 rings (SSSR count). The van der Waals surface area contributed by atoms with E-state index in [-0.39, 0.29) is 11.4 Å². The van der Waals surface area contributed by atoms with Gasteiger partial charge in [-0.05, 0) is 85.8 Å². The minimum Gasteiger partial charge on any atom is -0.492 e. The first-order chi connectivity index (χ1) is 16.9. The second-order valence-corrected chi connectivity index (χ2v) is 10.2. The Morgan fingerprint density at radius 2 is 1.97 bits per heavy atom. The summed E-state index contributed by atoms with van der Waals surface area (Å²) in [5.41, 5.74) is 3.49. The molecule has 0 radical (unpaired) electrons.